The van der Waals surface area contributed by atoms with E-state index in [4.69, 9.17) is 33.9 Å². The van der Waals surface area contributed by atoms with Crippen LogP contribution in [0.25, 0.3) is 0 Å². The highest BCUT2D eigenvalue weighted by Gasteiger charge is 2.37. The van der Waals surface area contributed by atoms with Crippen LogP contribution >= 0.6 is 24.4 Å². The second-order valence-electron chi connectivity index (χ2n) is 9.12. The predicted octanol–water partition coefficient (Wildman–Crippen LogP) is 5.10. The lowest BCUT2D eigenvalue weighted by atomic mass is 9.73. The molecule has 0 aliphatic heterocycles. The van der Waals surface area contributed by atoms with Crippen molar-refractivity contribution in [2.24, 2.45) is 0 Å². The van der Waals surface area contributed by atoms with Crippen LogP contribution in [0.1, 0.15) is 53.0 Å². The van der Waals surface area contributed by atoms with E-state index >= 15 is 0 Å². The number of nitrogens with zero attached hydrogens (tertiary/aromatic N) is 2. The zero-order valence-corrected chi connectivity index (χ0v) is 21.0. The molecule has 170 valence electrons. The SMILES string of the molecule is CN(C)C(=S)Oc1ccc2c(c1[C@H]1c3ccccc3CCC1OC(=S)N(C)C)CCCC2. The molecule has 0 N–H and O–H groups in total. The molecule has 0 bridgehead atoms. The molecular formula is C26H32N2O2S2. The summed E-state index contributed by atoms with van der Waals surface area (Å²) in [6, 6.07) is 13.1. The van der Waals surface area contributed by atoms with Crippen LogP contribution in [0.5, 0.6) is 5.75 Å². The van der Waals surface area contributed by atoms with Gasteiger partial charge in [0.1, 0.15) is 11.9 Å². The van der Waals surface area contributed by atoms with Crippen LogP contribution in [-0.4, -0.2) is 54.4 Å². The van der Waals surface area contributed by atoms with E-state index in [9.17, 15) is 0 Å². The van der Waals surface area contributed by atoms with Crippen molar-refractivity contribution in [2.75, 3.05) is 28.2 Å². The molecule has 0 amide bonds. The summed E-state index contributed by atoms with van der Waals surface area (Å²) >= 11 is 11.1. The minimum absolute atomic E-state index is 0.0471. The fourth-order valence-electron chi connectivity index (χ4n) is 4.88. The van der Waals surface area contributed by atoms with Gasteiger partial charge in [-0.15, -0.1) is 0 Å². The van der Waals surface area contributed by atoms with E-state index in [1.165, 1.54) is 40.7 Å². The van der Waals surface area contributed by atoms with Crippen LogP contribution in [0.2, 0.25) is 0 Å². The van der Waals surface area contributed by atoms with Gasteiger partial charge in [-0.2, -0.15) is 0 Å². The third-order valence-electron chi connectivity index (χ3n) is 6.49. The molecule has 32 heavy (non-hydrogen) atoms. The highest BCUT2D eigenvalue weighted by atomic mass is 32.1. The van der Waals surface area contributed by atoms with Gasteiger partial charge < -0.3 is 19.3 Å². The van der Waals surface area contributed by atoms with Crippen LogP contribution in [0.4, 0.5) is 0 Å². The molecule has 2 aliphatic carbocycles. The summed E-state index contributed by atoms with van der Waals surface area (Å²) in [4.78, 5) is 3.70. The number of hydrogen-bond acceptors (Lipinski definition) is 4. The van der Waals surface area contributed by atoms with E-state index in [1.807, 2.05) is 38.0 Å². The van der Waals surface area contributed by atoms with Crippen molar-refractivity contribution in [3.05, 3.63) is 64.2 Å². The zero-order chi connectivity index (χ0) is 22.8. The molecule has 4 rings (SSSR count). The van der Waals surface area contributed by atoms with Crippen LogP contribution in [-0.2, 0) is 24.0 Å². The number of ether oxygens (including phenoxy) is 2. The second kappa shape index (κ2) is 9.75. The molecule has 1 unspecified atom stereocenters. The first-order valence-corrected chi connectivity index (χ1v) is 12.2. The van der Waals surface area contributed by atoms with Crippen LogP contribution in [0.3, 0.4) is 0 Å². The number of thiocarbonyl (C=S) groups is 2. The van der Waals surface area contributed by atoms with E-state index in [2.05, 4.69) is 36.4 Å². The van der Waals surface area contributed by atoms with Crippen molar-refractivity contribution in [1.29, 1.82) is 0 Å². The normalized spacial score (nSPS) is 19.4. The molecule has 0 radical (unpaired) electrons. The minimum Gasteiger partial charge on any atom is -0.467 e. The van der Waals surface area contributed by atoms with Crippen molar-refractivity contribution < 1.29 is 9.47 Å². The average Bonchev–Trinajstić information content (AvgIpc) is 2.79. The van der Waals surface area contributed by atoms with Crippen LogP contribution in [0, 0.1) is 0 Å². The van der Waals surface area contributed by atoms with Gasteiger partial charge in [-0.3, -0.25) is 0 Å². The Morgan fingerprint density at radius 2 is 1.56 bits per heavy atom. The summed E-state index contributed by atoms with van der Waals surface area (Å²) in [7, 11) is 7.70. The predicted molar refractivity (Wildman–Crippen MR) is 138 cm³/mol. The van der Waals surface area contributed by atoms with Gasteiger partial charge >= 0.3 is 0 Å². The maximum Gasteiger partial charge on any atom is 0.264 e. The van der Waals surface area contributed by atoms with Crippen molar-refractivity contribution in [3.8, 4) is 5.75 Å². The lowest BCUT2D eigenvalue weighted by molar-refractivity contribution is 0.135. The first-order chi connectivity index (χ1) is 15.4. The van der Waals surface area contributed by atoms with Crippen molar-refractivity contribution in [3.63, 3.8) is 0 Å². The maximum absolute atomic E-state index is 6.43. The Labute approximate surface area is 202 Å². The van der Waals surface area contributed by atoms with E-state index in [-0.39, 0.29) is 12.0 Å². The fourth-order valence-corrected chi connectivity index (χ4v) is 5.10. The lowest BCUT2D eigenvalue weighted by Crippen LogP contribution is -2.36. The Bertz CT molecular complexity index is 1020. The summed E-state index contributed by atoms with van der Waals surface area (Å²) in [6.07, 6.45) is 6.43. The van der Waals surface area contributed by atoms with Crippen LogP contribution in [0.15, 0.2) is 36.4 Å². The Hall–Kier alpha value is -2.18. The first kappa shape index (κ1) is 23.0. The highest BCUT2D eigenvalue weighted by molar-refractivity contribution is 7.80. The molecule has 2 aromatic rings. The van der Waals surface area contributed by atoms with E-state index in [0.29, 0.717) is 10.3 Å². The van der Waals surface area contributed by atoms with E-state index in [0.717, 1.165) is 31.4 Å². The minimum atomic E-state index is -0.0523. The molecule has 2 aromatic carbocycles. The number of benzene rings is 2. The summed E-state index contributed by atoms with van der Waals surface area (Å²) in [6.45, 7) is 0. The van der Waals surface area contributed by atoms with E-state index < -0.39 is 0 Å². The quantitative estimate of drug-likeness (QED) is 0.581. The molecule has 0 spiro atoms. The van der Waals surface area contributed by atoms with Gasteiger partial charge in [-0.1, -0.05) is 30.3 Å². The number of fused-ring (bicyclic) bond motifs is 2. The van der Waals surface area contributed by atoms with Gasteiger partial charge in [0.15, 0.2) is 0 Å². The maximum atomic E-state index is 6.43. The second-order valence-corrected chi connectivity index (χ2v) is 9.81. The first-order valence-electron chi connectivity index (χ1n) is 11.4. The van der Waals surface area contributed by atoms with Gasteiger partial charge in [0, 0.05) is 33.8 Å². The zero-order valence-electron chi connectivity index (χ0n) is 19.4. The molecule has 0 aromatic heterocycles. The summed E-state index contributed by atoms with van der Waals surface area (Å²) in [5.41, 5.74) is 6.74. The highest BCUT2D eigenvalue weighted by Crippen LogP contribution is 2.46. The van der Waals surface area contributed by atoms with Crippen LogP contribution < -0.4 is 4.74 Å². The van der Waals surface area contributed by atoms with E-state index in [1.54, 1.807) is 0 Å². The van der Waals surface area contributed by atoms with Gasteiger partial charge in [-0.25, -0.2) is 0 Å². The number of rotatable bonds is 3. The fraction of sp³-hybridized carbons (Fsp3) is 0.462. The smallest absolute Gasteiger partial charge is 0.264 e. The van der Waals surface area contributed by atoms with Crippen molar-refractivity contribution in [2.45, 2.75) is 50.5 Å². The summed E-state index contributed by atoms with van der Waals surface area (Å²) in [5, 5.41) is 0.989. The Morgan fingerprint density at radius 3 is 2.31 bits per heavy atom. The molecule has 0 heterocycles. The Balaban J connectivity index is 1.88. The Kier molecular flexibility index (Phi) is 7.01. The molecule has 6 heteroatoms. The number of aryl methyl sites for hydroxylation is 2. The lowest BCUT2D eigenvalue weighted by Gasteiger charge is -2.37. The standard InChI is InChI=1S/C26H32N2O2S2/c1-27(2)25(31)29-21-15-13-17-9-5-7-11-19(17)23(21)24-20-12-8-6-10-18(20)14-16-22(24)30-26(32)28(3)4/h5,7,9,11,14,16,21,23H,6,8,10,12-13,15H2,1-4H3/t21?,23-/m0/s1. The summed E-state index contributed by atoms with van der Waals surface area (Å²) < 4.78 is 12.7. The third kappa shape index (κ3) is 4.62. The largest absolute Gasteiger partial charge is 0.467 e. The molecule has 2 atom stereocenters. The number of hydrogen-bond donors (Lipinski definition) is 0. The topological polar surface area (TPSA) is 24.9 Å². The van der Waals surface area contributed by atoms with Gasteiger partial charge in [0.2, 0.25) is 0 Å². The molecule has 2 aliphatic rings. The van der Waals surface area contributed by atoms with Gasteiger partial charge in [-0.05, 0) is 91.3 Å². The van der Waals surface area contributed by atoms with Crippen molar-refractivity contribution >= 4 is 34.8 Å². The monoisotopic (exact) mass is 468 g/mol. The molecule has 0 fully saturated rings. The Morgan fingerprint density at radius 1 is 0.844 bits per heavy atom. The van der Waals surface area contributed by atoms with Crippen molar-refractivity contribution in [1.82, 2.24) is 9.80 Å². The third-order valence-corrected chi connectivity index (χ3v) is 7.40. The van der Waals surface area contributed by atoms with Gasteiger partial charge in [0.05, 0.1) is 5.92 Å². The average molecular weight is 469 g/mol. The molecule has 0 saturated carbocycles. The molecule has 0 saturated heterocycles. The summed E-state index contributed by atoms with van der Waals surface area (Å²) in [5.74, 6) is 0.890. The molecule has 4 nitrogen and oxygen atoms in total. The molecular weight excluding hydrogens is 436 g/mol. The van der Waals surface area contributed by atoms with Gasteiger partial charge in [0.25, 0.3) is 10.3 Å².